The summed E-state index contributed by atoms with van der Waals surface area (Å²) in [5.74, 6) is 0.785. The van der Waals surface area contributed by atoms with Crippen molar-refractivity contribution >= 4 is 23.2 Å². The van der Waals surface area contributed by atoms with Gasteiger partial charge in [0.2, 0.25) is 5.91 Å². The van der Waals surface area contributed by atoms with Crippen molar-refractivity contribution in [2.24, 2.45) is 5.92 Å². The van der Waals surface area contributed by atoms with E-state index in [2.05, 4.69) is 17.8 Å². The van der Waals surface area contributed by atoms with Gasteiger partial charge in [0.05, 0.1) is 18.4 Å². The molecule has 3 rings (SSSR count). The summed E-state index contributed by atoms with van der Waals surface area (Å²) in [5, 5.41) is 0. The van der Waals surface area contributed by atoms with Crippen LogP contribution in [0.3, 0.4) is 0 Å². The van der Waals surface area contributed by atoms with E-state index in [4.69, 9.17) is 4.74 Å². The molecule has 2 aromatic rings. The number of methoxy groups -OCH3 is 1. The monoisotopic (exact) mass is 372 g/mol. The van der Waals surface area contributed by atoms with Gasteiger partial charge in [-0.2, -0.15) is 0 Å². The van der Waals surface area contributed by atoms with Crippen molar-refractivity contribution in [3.05, 3.63) is 50.7 Å². The molecule has 0 bridgehead atoms. The highest BCUT2D eigenvalue weighted by atomic mass is 32.1. The summed E-state index contributed by atoms with van der Waals surface area (Å²) in [4.78, 5) is 26.5. The van der Waals surface area contributed by atoms with Gasteiger partial charge in [-0.15, -0.1) is 11.3 Å². The van der Waals surface area contributed by atoms with Crippen molar-refractivity contribution in [1.82, 2.24) is 10.9 Å². The molecule has 26 heavy (non-hydrogen) atoms. The molecule has 2 amide bonds. The molecule has 0 radical (unpaired) electrons. The number of hydrogen-bond donors (Lipinski definition) is 2. The number of nitrogens with one attached hydrogen (secondary N) is 2. The van der Waals surface area contributed by atoms with Crippen molar-refractivity contribution in [2.75, 3.05) is 7.11 Å². The number of amides is 2. The van der Waals surface area contributed by atoms with Crippen LogP contribution in [-0.2, 0) is 24.1 Å². The molecule has 138 valence electrons. The maximum absolute atomic E-state index is 12.3. The zero-order valence-corrected chi connectivity index (χ0v) is 16.2. The van der Waals surface area contributed by atoms with Crippen molar-refractivity contribution in [3.8, 4) is 5.75 Å². The number of benzene rings is 1. The van der Waals surface area contributed by atoms with E-state index in [0.717, 1.165) is 24.0 Å². The van der Waals surface area contributed by atoms with Crippen LogP contribution in [0.15, 0.2) is 24.3 Å². The molecule has 0 saturated carbocycles. The second-order valence-electron chi connectivity index (χ2n) is 6.90. The molecule has 0 fully saturated rings. The molecule has 2 N–H and O–H groups in total. The molecular formula is C20H24N2O3S. The van der Waals surface area contributed by atoms with Gasteiger partial charge in [0.25, 0.3) is 5.91 Å². The van der Waals surface area contributed by atoms with Crippen molar-refractivity contribution in [3.63, 3.8) is 0 Å². The van der Waals surface area contributed by atoms with Crippen LogP contribution >= 0.6 is 11.3 Å². The quantitative estimate of drug-likeness (QED) is 0.810. The Morgan fingerprint density at radius 2 is 2.08 bits per heavy atom. The Bertz CT molecular complexity index is 828. The number of aryl methyl sites for hydroxylation is 2. The van der Waals surface area contributed by atoms with Crippen LogP contribution in [-0.4, -0.2) is 18.9 Å². The van der Waals surface area contributed by atoms with Crippen LogP contribution in [0.2, 0.25) is 0 Å². The summed E-state index contributed by atoms with van der Waals surface area (Å²) >= 11 is 1.53. The van der Waals surface area contributed by atoms with Gasteiger partial charge in [-0.25, -0.2) is 0 Å². The fraction of sp³-hybridized carbons (Fsp3) is 0.400. The Morgan fingerprint density at radius 1 is 1.27 bits per heavy atom. The number of hydrazine groups is 1. The van der Waals surface area contributed by atoms with Crippen LogP contribution in [0.5, 0.6) is 5.75 Å². The molecule has 5 nitrogen and oxygen atoms in total. The average Bonchev–Trinajstić information content (AvgIpc) is 3.03. The summed E-state index contributed by atoms with van der Waals surface area (Å²) in [7, 11) is 1.58. The van der Waals surface area contributed by atoms with Crippen LogP contribution in [0.4, 0.5) is 0 Å². The minimum absolute atomic E-state index is 0.142. The van der Waals surface area contributed by atoms with Crippen molar-refractivity contribution in [2.45, 2.75) is 39.5 Å². The van der Waals surface area contributed by atoms with E-state index in [9.17, 15) is 9.59 Å². The maximum Gasteiger partial charge on any atom is 0.279 e. The summed E-state index contributed by atoms with van der Waals surface area (Å²) < 4.78 is 5.29. The van der Waals surface area contributed by atoms with Gasteiger partial charge < -0.3 is 4.74 Å². The molecule has 1 aliphatic rings. The third-order valence-corrected chi connectivity index (χ3v) is 5.89. The Balaban J connectivity index is 1.58. The second-order valence-corrected chi connectivity index (χ2v) is 8.04. The van der Waals surface area contributed by atoms with Gasteiger partial charge in [0.15, 0.2) is 0 Å². The molecule has 0 saturated heterocycles. The molecule has 0 unspecified atom stereocenters. The smallest absolute Gasteiger partial charge is 0.279 e. The highest BCUT2D eigenvalue weighted by molar-refractivity contribution is 7.14. The highest BCUT2D eigenvalue weighted by Crippen LogP contribution is 2.32. The molecule has 1 heterocycles. The number of carbonyl (C=O) groups is 2. The fourth-order valence-corrected chi connectivity index (χ4v) is 4.37. The van der Waals surface area contributed by atoms with Crippen LogP contribution in [0.1, 0.15) is 44.6 Å². The summed E-state index contributed by atoms with van der Waals surface area (Å²) in [6, 6.07) is 7.64. The molecule has 1 aromatic heterocycles. The van der Waals surface area contributed by atoms with E-state index in [0.29, 0.717) is 16.5 Å². The lowest BCUT2D eigenvalue weighted by atomic mass is 9.90. The first-order valence-electron chi connectivity index (χ1n) is 8.80. The highest BCUT2D eigenvalue weighted by Gasteiger charge is 2.21. The van der Waals surface area contributed by atoms with Gasteiger partial charge >= 0.3 is 0 Å². The standard InChI is InChI=1S/C20H24N2O3S/c1-12-4-6-16(25-3)14(8-12)11-19(23)21-22-20(24)18-10-15-9-13(2)5-7-17(15)26-18/h4,6,8,10,13H,5,7,9,11H2,1-3H3,(H,21,23)(H,22,24)/t13-/m1/s1. The Hall–Kier alpha value is -2.34. The normalized spacial score (nSPS) is 15.9. The Labute approximate surface area is 157 Å². The zero-order valence-electron chi connectivity index (χ0n) is 15.3. The number of ether oxygens (including phenoxy) is 1. The molecule has 0 spiro atoms. The number of fused-ring (bicyclic) bond motifs is 1. The van der Waals surface area contributed by atoms with Crippen molar-refractivity contribution in [1.29, 1.82) is 0 Å². The minimum Gasteiger partial charge on any atom is -0.496 e. The lowest BCUT2D eigenvalue weighted by molar-refractivity contribution is -0.121. The molecule has 1 aromatic carbocycles. The Morgan fingerprint density at radius 3 is 2.85 bits per heavy atom. The fourth-order valence-electron chi connectivity index (χ4n) is 3.27. The Kier molecular flexibility index (Phi) is 5.61. The lowest BCUT2D eigenvalue weighted by Crippen LogP contribution is -2.42. The van der Waals surface area contributed by atoms with Gasteiger partial charge in [0.1, 0.15) is 5.75 Å². The first-order chi connectivity index (χ1) is 12.5. The summed E-state index contributed by atoms with van der Waals surface area (Å²) in [6.45, 7) is 4.20. The van der Waals surface area contributed by atoms with Gasteiger partial charge in [-0.1, -0.05) is 24.6 Å². The zero-order chi connectivity index (χ0) is 18.7. The topological polar surface area (TPSA) is 67.4 Å². The van der Waals surface area contributed by atoms with Gasteiger partial charge in [-0.3, -0.25) is 20.4 Å². The van der Waals surface area contributed by atoms with Gasteiger partial charge in [-0.05, 0) is 49.8 Å². The third-order valence-electron chi connectivity index (χ3n) is 4.66. The molecule has 6 heteroatoms. The van der Waals surface area contributed by atoms with Gasteiger partial charge in [0, 0.05) is 10.4 Å². The molecule has 0 aliphatic heterocycles. The van der Waals surface area contributed by atoms with Crippen LogP contribution in [0, 0.1) is 12.8 Å². The first-order valence-corrected chi connectivity index (χ1v) is 9.62. The van der Waals surface area contributed by atoms with E-state index >= 15 is 0 Å². The van der Waals surface area contributed by atoms with E-state index < -0.39 is 0 Å². The number of hydrogen-bond acceptors (Lipinski definition) is 4. The predicted molar refractivity (Wildman–Crippen MR) is 103 cm³/mol. The number of carbonyl (C=O) groups excluding carboxylic acids is 2. The second kappa shape index (κ2) is 7.91. The predicted octanol–water partition coefficient (Wildman–Crippen LogP) is 3.19. The SMILES string of the molecule is COc1ccc(C)cc1CC(=O)NNC(=O)c1cc2c(s1)CC[C@@H](C)C2. The largest absolute Gasteiger partial charge is 0.496 e. The van der Waals surface area contributed by atoms with Crippen molar-refractivity contribution < 1.29 is 14.3 Å². The summed E-state index contributed by atoms with van der Waals surface area (Å²) in [5.41, 5.74) is 8.14. The summed E-state index contributed by atoms with van der Waals surface area (Å²) in [6.07, 6.45) is 3.37. The number of rotatable bonds is 4. The average molecular weight is 372 g/mol. The lowest BCUT2D eigenvalue weighted by Gasteiger charge is -2.16. The molecule has 1 atom stereocenters. The van der Waals surface area contributed by atoms with E-state index in [1.165, 1.54) is 28.2 Å². The van der Waals surface area contributed by atoms with Crippen LogP contribution < -0.4 is 15.6 Å². The maximum atomic E-state index is 12.3. The molecular weight excluding hydrogens is 348 g/mol. The third kappa shape index (κ3) is 4.25. The van der Waals surface area contributed by atoms with E-state index in [-0.39, 0.29) is 18.2 Å². The first kappa shape index (κ1) is 18.5. The molecule has 1 aliphatic carbocycles. The van der Waals surface area contributed by atoms with Crippen LogP contribution in [0.25, 0.3) is 0 Å². The van der Waals surface area contributed by atoms with E-state index in [1.807, 2.05) is 31.2 Å². The minimum atomic E-state index is -0.280. The number of thiophene rings is 1. The van der Waals surface area contributed by atoms with E-state index in [1.54, 1.807) is 7.11 Å².